The molecule has 1 aromatic carbocycles. The number of carbonyl (C=O) groups excluding carboxylic acids is 1. The Morgan fingerprint density at radius 3 is 2.60 bits per heavy atom. The third-order valence-corrected chi connectivity index (χ3v) is 3.38. The van der Waals surface area contributed by atoms with Gasteiger partial charge in [-0.05, 0) is 25.1 Å². The lowest BCUT2D eigenvalue weighted by Gasteiger charge is -2.16. The first-order chi connectivity index (χ1) is 12.1. The average Bonchev–Trinajstić information content (AvgIpc) is 3.13. The molecule has 2 heterocycles. The van der Waals surface area contributed by atoms with E-state index in [1.54, 1.807) is 37.3 Å². The van der Waals surface area contributed by atoms with Crippen LogP contribution in [0.15, 0.2) is 53.2 Å². The van der Waals surface area contributed by atoms with Gasteiger partial charge in [0.2, 0.25) is 11.8 Å². The van der Waals surface area contributed by atoms with Crippen LogP contribution >= 0.6 is 0 Å². The molecule has 128 valence electrons. The summed E-state index contributed by atoms with van der Waals surface area (Å²) in [5, 5.41) is 7.94. The van der Waals surface area contributed by atoms with E-state index in [0.29, 0.717) is 11.8 Å². The second-order valence-corrected chi connectivity index (χ2v) is 5.35. The fraction of sp³-hybridized carbons (Fsp3) is 0.235. The van der Waals surface area contributed by atoms with E-state index in [1.165, 1.54) is 0 Å². The monoisotopic (exact) mass is 339 g/mol. The largest absolute Gasteiger partial charge is 0.451 e. The van der Waals surface area contributed by atoms with Gasteiger partial charge in [-0.15, -0.1) is 10.2 Å². The molecular formula is C17H17N5O3. The van der Waals surface area contributed by atoms with Gasteiger partial charge in [-0.2, -0.15) is 0 Å². The third-order valence-electron chi connectivity index (χ3n) is 3.38. The van der Waals surface area contributed by atoms with Crippen LogP contribution in [-0.4, -0.2) is 39.7 Å². The molecular weight excluding hydrogens is 322 g/mol. The first-order valence-electron chi connectivity index (χ1n) is 7.70. The average molecular weight is 339 g/mol. The number of ether oxygens (including phenoxy) is 1. The van der Waals surface area contributed by atoms with Crippen molar-refractivity contribution in [3.8, 4) is 11.5 Å². The third kappa shape index (κ3) is 4.17. The summed E-state index contributed by atoms with van der Waals surface area (Å²) in [6.07, 6.45) is 2.56. The SMILES string of the molecule is C[C@@H](OC(=O)CN(C)c1ncccn1)c1nnc(-c2ccccc2)o1. The van der Waals surface area contributed by atoms with Crippen LogP contribution in [0.1, 0.15) is 18.9 Å². The summed E-state index contributed by atoms with van der Waals surface area (Å²) in [4.78, 5) is 21.8. The second kappa shape index (κ2) is 7.52. The van der Waals surface area contributed by atoms with Crippen molar-refractivity contribution in [1.29, 1.82) is 0 Å². The molecule has 8 heteroatoms. The number of aromatic nitrogens is 4. The van der Waals surface area contributed by atoms with E-state index in [4.69, 9.17) is 9.15 Å². The minimum atomic E-state index is -0.650. The standard InChI is InChI=1S/C17H17N5O3/c1-12(15-20-21-16(25-15)13-7-4-3-5-8-13)24-14(23)11-22(2)17-18-9-6-10-19-17/h3-10,12H,11H2,1-2H3/t12-/m1/s1. The predicted octanol–water partition coefficient (Wildman–Crippen LogP) is 2.27. The molecule has 0 fully saturated rings. The van der Waals surface area contributed by atoms with Crippen LogP contribution in [0.5, 0.6) is 0 Å². The number of esters is 1. The molecule has 0 saturated carbocycles. The highest BCUT2D eigenvalue weighted by Crippen LogP contribution is 2.22. The first kappa shape index (κ1) is 16.6. The van der Waals surface area contributed by atoms with Gasteiger partial charge in [0.15, 0.2) is 6.10 Å². The van der Waals surface area contributed by atoms with E-state index in [-0.39, 0.29) is 12.4 Å². The maximum absolute atomic E-state index is 12.1. The lowest BCUT2D eigenvalue weighted by molar-refractivity contribution is -0.147. The van der Waals surface area contributed by atoms with Crippen LogP contribution < -0.4 is 4.90 Å². The van der Waals surface area contributed by atoms with E-state index < -0.39 is 12.1 Å². The maximum Gasteiger partial charge on any atom is 0.326 e. The molecule has 3 rings (SSSR count). The normalized spacial score (nSPS) is 11.8. The van der Waals surface area contributed by atoms with E-state index in [0.717, 1.165) is 5.56 Å². The molecule has 0 saturated heterocycles. The zero-order chi connectivity index (χ0) is 17.6. The molecule has 1 atom stereocenters. The number of nitrogens with zero attached hydrogens (tertiary/aromatic N) is 5. The highest BCUT2D eigenvalue weighted by atomic mass is 16.6. The van der Waals surface area contributed by atoms with Crippen LogP contribution in [0.2, 0.25) is 0 Å². The summed E-state index contributed by atoms with van der Waals surface area (Å²) in [5.41, 5.74) is 0.806. The summed E-state index contributed by atoms with van der Waals surface area (Å²) in [7, 11) is 1.71. The number of benzene rings is 1. The Morgan fingerprint density at radius 1 is 1.16 bits per heavy atom. The summed E-state index contributed by atoms with van der Waals surface area (Å²) in [6.45, 7) is 1.69. The Bertz CT molecular complexity index is 823. The quantitative estimate of drug-likeness (QED) is 0.631. The zero-order valence-electron chi connectivity index (χ0n) is 13.9. The van der Waals surface area contributed by atoms with Crippen molar-refractivity contribution >= 4 is 11.9 Å². The molecule has 0 aliphatic carbocycles. The van der Waals surface area contributed by atoms with Gasteiger partial charge in [-0.1, -0.05) is 18.2 Å². The molecule has 0 amide bonds. The molecule has 0 spiro atoms. The van der Waals surface area contributed by atoms with Crippen molar-refractivity contribution in [3.63, 3.8) is 0 Å². The molecule has 0 N–H and O–H groups in total. The zero-order valence-corrected chi connectivity index (χ0v) is 13.9. The summed E-state index contributed by atoms with van der Waals surface area (Å²) < 4.78 is 10.9. The maximum atomic E-state index is 12.1. The molecule has 25 heavy (non-hydrogen) atoms. The summed E-state index contributed by atoms with van der Waals surface area (Å²) in [6, 6.07) is 11.1. The van der Waals surface area contributed by atoms with Crippen LogP contribution in [0.4, 0.5) is 5.95 Å². The number of carbonyl (C=O) groups is 1. The van der Waals surface area contributed by atoms with E-state index >= 15 is 0 Å². The molecule has 0 aliphatic heterocycles. The Labute approximate surface area is 144 Å². The smallest absolute Gasteiger partial charge is 0.326 e. The Kier molecular flexibility index (Phi) is 4.98. The topological polar surface area (TPSA) is 94.2 Å². The Balaban J connectivity index is 1.59. The van der Waals surface area contributed by atoms with Crippen LogP contribution in [-0.2, 0) is 9.53 Å². The minimum Gasteiger partial charge on any atom is -0.451 e. The highest BCUT2D eigenvalue weighted by molar-refractivity contribution is 5.75. The predicted molar refractivity (Wildman–Crippen MR) is 89.5 cm³/mol. The van der Waals surface area contributed by atoms with Crippen molar-refractivity contribution in [3.05, 3.63) is 54.7 Å². The lowest BCUT2D eigenvalue weighted by Crippen LogP contribution is -2.29. The number of hydrogen-bond donors (Lipinski definition) is 0. The summed E-state index contributed by atoms with van der Waals surface area (Å²) in [5.74, 6) is 0.622. The van der Waals surface area contributed by atoms with Gasteiger partial charge >= 0.3 is 5.97 Å². The fourth-order valence-electron chi connectivity index (χ4n) is 2.13. The summed E-state index contributed by atoms with van der Waals surface area (Å²) >= 11 is 0. The van der Waals surface area contributed by atoms with Gasteiger partial charge in [0.25, 0.3) is 5.89 Å². The van der Waals surface area contributed by atoms with Crippen LogP contribution in [0, 0.1) is 0 Å². The van der Waals surface area contributed by atoms with Crippen molar-refractivity contribution in [2.24, 2.45) is 0 Å². The van der Waals surface area contributed by atoms with E-state index in [1.807, 2.05) is 30.3 Å². The van der Waals surface area contributed by atoms with E-state index in [9.17, 15) is 4.79 Å². The second-order valence-electron chi connectivity index (χ2n) is 5.35. The fourth-order valence-corrected chi connectivity index (χ4v) is 2.13. The minimum absolute atomic E-state index is 0.00797. The number of hydrogen-bond acceptors (Lipinski definition) is 8. The van der Waals surface area contributed by atoms with Gasteiger partial charge in [-0.3, -0.25) is 4.79 Å². The highest BCUT2D eigenvalue weighted by Gasteiger charge is 2.20. The van der Waals surface area contributed by atoms with Crippen molar-refractivity contribution < 1.29 is 13.9 Å². The van der Waals surface area contributed by atoms with Crippen LogP contribution in [0.3, 0.4) is 0 Å². The molecule has 0 radical (unpaired) electrons. The number of anilines is 1. The van der Waals surface area contributed by atoms with E-state index in [2.05, 4.69) is 20.2 Å². The van der Waals surface area contributed by atoms with Crippen molar-refractivity contribution in [2.75, 3.05) is 18.5 Å². The molecule has 0 bridgehead atoms. The number of rotatable bonds is 6. The molecule has 2 aromatic heterocycles. The Hall–Kier alpha value is -3.29. The Morgan fingerprint density at radius 2 is 1.88 bits per heavy atom. The molecule has 3 aromatic rings. The van der Waals surface area contributed by atoms with Crippen LogP contribution in [0.25, 0.3) is 11.5 Å². The molecule has 8 nitrogen and oxygen atoms in total. The van der Waals surface area contributed by atoms with Crippen molar-refractivity contribution in [2.45, 2.75) is 13.0 Å². The first-order valence-corrected chi connectivity index (χ1v) is 7.70. The van der Waals surface area contributed by atoms with Gasteiger partial charge < -0.3 is 14.1 Å². The van der Waals surface area contributed by atoms with Gasteiger partial charge in [0.05, 0.1) is 0 Å². The lowest BCUT2D eigenvalue weighted by atomic mass is 10.2. The van der Waals surface area contributed by atoms with Gasteiger partial charge in [-0.25, -0.2) is 9.97 Å². The van der Waals surface area contributed by atoms with Gasteiger partial charge in [0, 0.05) is 25.0 Å². The molecule has 0 aliphatic rings. The molecule has 0 unspecified atom stereocenters. The van der Waals surface area contributed by atoms with Gasteiger partial charge in [0.1, 0.15) is 6.54 Å². The van der Waals surface area contributed by atoms with Crippen molar-refractivity contribution in [1.82, 2.24) is 20.2 Å². The number of likely N-dealkylation sites (N-methyl/N-ethyl adjacent to an activating group) is 1.